The van der Waals surface area contributed by atoms with E-state index in [1.807, 2.05) is 7.05 Å². The fraction of sp³-hybridized carbons (Fsp3) is 0.577. The van der Waals surface area contributed by atoms with Crippen molar-refractivity contribution in [2.45, 2.75) is 51.0 Å². The fourth-order valence-corrected chi connectivity index (χ4v) is 6.71. The van der Waals surface area contributed by atoms with Gasteiger partial charge in [-0.1, -0.05) is 5.16 Å². The van der Waals surface area contributed by atoms with Crippen LogP contribution in [0.2, 0.25) is 0 Å². The minimum absolute atomic E-state index is 0.233. The van der Waals surface area contributed by atoms with Gasteiger partial charge in [0, 0.05) is 42.2 Å². The molecule has 2 atom stereocenters. The largest absolute Gasteiger partial charge is 0.476 e. The van der Waals surface area contributed by atoms with E-state index in [2.05, 4.69) is 47.2 Å². The van der Waals surface area contributed by atoms with Gasteiger partial charge in [-0.2, -0.15) is 15.2 Å². The second-order valence-electron chi connectivity index (χ2n) is 10.4. The number of rotatable bonds is 7. The van der Waals surface area contributed by atoms with Gasteiger partial charge >= 0.3 is 0 Å². The normalized spacial score (nSPS) is 22.1. The molecule has 1 saturated heterocycles. The fourth-order valence-electron chi connectivity index (χ4n) is 5.52. The first-order chi connectivity index (χ1) is 18.3. The van der Waals surface area contributed by atoms with Crippen LogP contribution in [-0.4, -0.2) is 77.9 Å². The Bertz CT molecular complexity index is 1330. The van der Waals surface area contributed by atoms with Crippen molar-refractivity contribution in [3.63, 3.8) is 0 Å². The molecule has 1 fully saturated rings. The van der Waals surface area contributed by atoms with Crippen LogP contribution in [0.15, 0.2) is 10.6 Å². The van der Waals surface area contributed by atoms with Gasteiger partial charge in [0.05, 0.1) is 11.0 Å². The number of hydrogen-bond acceptors (Lipinski definition) is 12. The number of thiophene rings is 1. The van der Waals surface area contributed by atoms with Crippen molar-refractivity contribution >= 4 is 22.3 Å². The smallest absolute Gasteiger partial charge is 0.237 e. The van der Waals surface area contributed by atoms with Crippen molar-refractivity contribution in [2.24, 2.45) is 0 Å². The average molecular weight is 538 g/mol. The number of anilines is 2. The molecule has 3 aromatic rings. The van der Waals surface area contributed by atoms with E-state index in [1.54, 1.807) is 6.07 Å². The summed E-state index contributed by atoms with van der Waals surface area (Å²) >= 11 is 1.49. The van der Waals surface area contributed by atoms with Gasteiger partial charge in [0.2, 0.25) is 23.5 Å². The Balaban J connectivity index is 1.53. The lowest BCUT2D eigenvalue weighted by Gasteiger charge is -2.30. The predicted octanol–water partition coefficient (Wildman–Crippen LogP) is 2.81. The van der Waals surface area contributed by atoms with E-state index in [-0.39, 0.29) is 6.04 Å². The zero-order valence-electron chi connectivity index (χ0n) is 22.5. The molecule has 1 aliphatic heterocycles. The average Bonchev–Trinajstić information content (AvgIpc) is 3.48. The number of aryl methyl sites for hydroxylation is 1. The van der Waals surface area contributed by atoms with E-state index >= 15 is 0 Å². The molecule has 3 aromatic heterocycles. The van der Waals surface area contributed by atoms with E-state index in [0.717, 1.165) is 55.8 Å². The van der Waals surface area contributed by atoms with Gasteiger partial charge in [0.25, 0.3) is 0 Å². The molecule has 2 aliphatic rings. The monoisotopic (exact) mass is 537 g/mol. The Morgan fingerprint density at radius 3 is 2.95 bits per heavy atom. The molecule has 5 rings (SSSR count). The first kappa shape index (κ1) is 26.3. The van der Waals surface area contributed by atoms with Crippen LogP contribution in [0.5, 0.6) is 5.88 Å². The maximum absolute atomic E-state index is 9.82. The third-order valence-electron chi connectivity index (χ3n) is 7.48. The van der Waals surface area contributed by atoms with E-state index < -0.39 is 5.41 Å². The van der Waals surface area contributed by atoms with Crippen molar-refractivity contribution in [3.8, 4) is 23.5 Å². The Kier molecular flexibility index (Phi) is 7.52. The van der Waals surface area contributed by atoms with E-state index in [4.69, 9.17) is 29.9 Å². The molecule has 38 heavy (non-hydrogen) atoms. The van der Waals surface area contributed by atoms with Gasteiger partial charge in [-0.15, -0.1) is 11.3 Å². The van der Waals surface area contributed by atoms with Crippen LogP contribution in [-0.2, 0) is 11.8 Å². The molecule has 0 aromatic carbocycles. The van der Waals surface area contributed by atoms with Crippen LogP contribution in [0.25, 0.3) is 11.5 Å². The standard InChI is InChI=1S/C26H35N9O2S/c1-16-15-34(4)10-6-11-35(16)25-30-18(13-20(31-25)36-12-9-29-3)23-32-24(37-33-23)26(2)8-5-7-19-21(26)17(14-27)22(28)38-19/h13,16,29H,5-12,15,28H2,1-4H3/t16-,26-/m0/s1. The van der Waals surface area contributed by atoms with Crippen LogP contribution < -0.4 is 20.7 Å². The molecule has 0 saturated carbocycles. The van der Waals surface area contributed by atoms with Gasteiger partial charge < -0.3 is 30.1 Å². The molecule has 0 radical (unpaired) electrons. The van der Waals surface area contributed by atoms with Crippen molar-refractivity contribution < 1.29 is 9.26 Å². The maximum atomic E-state index is 9.82. The number of fused-ring (bicyclic) bond motifs is 1. The molecule has 1 aliphatic carbocycles. The Labute approximate surface area is 227 Å². The van der Waals surface area contributed by atoms with Crippen molar-refractivity contribution in [1.82, 2.24) is 30.3 Å². The third-order valence-corrected chi connectivity index (χ3v) is 8.55. The summed E-state index contributed by atoms with van der Waals surface area (Å²) in [7, 11) is 4.02. The lowest BCUT2D eigenvalue weighted by molar-refractivity contribution is 0.300. The molecule has 0 amide bonds. The van der Waals surface area contributed by atoms with Crippen LogP contribution in [0, 0.1) is 11.3 Å². The topological polar surface area (TPSA) is 142 Å². The highest BCUT2D eigenvalue weighted by molar-refractivity contribution is 7.16. The minimum Gasteiger partial charge on any atom is -0.476 e. The van der Waals surface area contributed by atoms with Crippen LogP contribution in [0.3, 0.4) is 0 Å². The highest BCUT2D eigenvalue weighted by Crippen LogP contribution is 2.48. The SMILES string of the molecule is CNCCOc1cc(-c2noc([C@@]3(C)CCCc4sc(N)c(C#N)c43)n2)nc(N2CCCN(C)C[C@@H]2C)n1. The van der Waals surface area contributed by atoms with Crippen LogP contribution >= 0.6 is 11.3 Å². The first-order valence-electron chi connectivity index (χ1n) is 13.1. The van der Waals surface area contributed by atoms with Crippen molar-refractivity contribution in [2.75, 3.05) is 57.5 Å². The quantitative estimate of drug-likeness (QED) is 0.430. The molecule has 0 spiro atoms. The number of nitrogen functional groups attached to an aromatic ring is 1. The van der Waals surface area contributed by atoms with E-state index in [1.165, 1.54) is 11.3 Å². The molecular formula is C26H35N9O2S. The lowest BCUT2D eigenvalue weighted by atomic mass is 9.72. The summed E-state index contributed by atoms with van der Waals surface area (Å²) in [5.41, 5.74) is 7.59. The van der Waals surface area contributed by atoms with Crippen LogP contribution in [0.1, 0.15) is 55.0 Å². The molecule has 202 valence electrons. The lowest BCUT2D eigenvalue weighted by Crippen LogP contribution is -2.39. The number of likely N-dealkylation sites (N-methyl/N-ethyl adjacent to an activating group) is 2. The molecule has 12 heteroatoms. The number of hydrogen-bond donors (Lipinski definition) is 2. The summed E-state index contributed by atoms with van der Waals surface area (Å²) in [6.45, 7) is 8.20. The second kappa shape index (κ2) is 10.8. The molecule has 0 unspecified atom stereocenters. The summed E-state index contributed by atoms with van der Waals surface area (Å²) in [4.78, 5) is 20.1. The number of nitriles is 1. The number of aromatic nitrogens is 4. The zero-order valence-corrected chi connectivity index (χ0v) is 23.3. The van der Waals surface area contributed by atoms with Gasteiger partial charge in [0.15, 0.2) is 0 Å². The summed E-state index contributed by atoms with van der Waals surface area (Å²) < 4.78 is 11.8. The van der Waals surface area contributed by atoms with Gasteiger partial charge in [-0.05, 0) is 60.2 Å². The first-order valence-corrected chi connectivity index (χ1v) is 13.9. The Morgan fingerprint density at radius 1 is 1.32 bits per heavy atom. The Morgan fingerprint density at radius 2 is 2.16 bits per heavy atom. The number of nitrogens with one attached hydrogen (secondary N) is 1. The van der Waals surface area contributed by atoms with Crippen molar-refractivity contribution in [1.29, 1.82) is 5.26 Å². The molecule has 3 N–H and O–H groups in total. The Hall–Kier alpha value is -3.27. The molecule has 0 bridgehead atoms. The summed E-state index contributed by atoms with van der Waals surface area (Å²) in [5.74, 6) is 1.90. The number of ether oxygens (including phenoxy) is 1. The van der Waals surface area contributed by atoms with Crippen LogP contribution in [0.4, 0.5) is 10.9 Å². The predicted molar refractivity (Wildman–Crippen MR) is 147 cm³/mol. The number of nitrogens with two attached hydrogens (primary N) is 1. The highest BCUT2D eigenvalue weighted by atomic mass is 32.1. The maximum Gasteiger partial charge on any atom is 0.237 e. The molecule has 4 heterocycles. The summed E-state index contributed by atoms with van der Waals surface area (Å²) in [6, 6.07) is 4.30. The number of nitrogens with zero attached hydrogens (tertiary/aromatic N) is 7. The molecule has 11 nitrogen and oxygen atoms in total. The highest BCUT2D eigenvalue weighted by Gasteiger charge is 2.43. The second-order valence-corrected chi connectivity index (χ2v) is 11.5. The summed E-state index contributed by atoms with van der Waals surface area (Å²) in [5, 5.41) is 17.8. The van der Waals surface area contributed by atoms with Crippen molar-refractivity contribution in [3.05, 3.63) is 28.0 Å². The molecular weight excluding hydrogens is 502 g/mol. The van der Waals surface area contributed by atoms with E-state index in [0.29, 0.717) is 53.0 Å². The van der Waals surface area contributed by atoms with E-state index in [9.17, 15) is 5.26 Å². The van der Waals surface area contributed by atoms with Gasteiger partial charge in [0.1, 0.15) is 23.4 Å². The minimum atomic E-state index is -0.593. The summed E-state index contributed by atoms with van der Waals surface area (Å²) in [6.07, 6.45) is 3.66. The van der Waals surface area contributed by atoms with Gasteiger partial charge in [-0.25, -0.2) is 4.98 Å². The van der Waals surface area contributed by atoms with Gasteiger partial charge in [-0.3, -0.25) is 0 Å². The zero-order chi connectivity index (χ0) is 26.9. The third kappa shape index (κ3) is 4.93.